The molecule has 0 saturated heterocycles. The van der Waals surface area contributed by atoms with Crippen LogP contribution in [0.2, 0.25) is 0 Å². The highest BCUT2D eigenvalue weighted by molar-refractivity contribution is 7.92. The molecule has 1 N–H and O–H groups in total. The van der Waals surface area contributed by atoms with Gasteiger partial charge in [-0.15, -0.1) is 0 Å². The Morgan fingerprint density at radius 1 is 0.750 bits per heavy atom. The number of carbonyl (C=O) groups excluding carboxylic acids is 1. The second-order valence-corrected chi connectivity index (χ2v) is 11.5. The molecule has 1 aromatic heterocycles. The van der Waals surface area contributed by atoms with Crippen molar-refractivity contribution in [1.29, 1.82) is 0 Å². The van der Waals surface area contributed by atoms with E-state index in [1.165, 1.54) is 10.6 Å². The van der Waals surface area contributed by atoms with Gasteiger partial charge in [0.2, 0.25) is 10.0 Å². The number of fused-ring (bicyclic) bond motifs is 3. The van der Waals surface area contributed by atoms with E-state index in [1.54, 1.807) is 24.3 Å². The fourth-order valence-electron chi connectivity index (χ4n) is 4.87. The first-order valence-corrected chi connectivity index (χ1v) is 14.7. The van der Waals surface area contributed by atoms with Crippen LogP contribution in [-0.2, 0) is 16.6 Å². The molecule has 1 heterocycles. The first-order valence-electron chi connectivity index (χ1n) is 12.8. The predicted octanol–water partition coefficient (Wildman–Crippen LogP) is 7.47. The molecule has 6 aromatic rings. The van der Waals surface area contributed by atoms with Gasteiger partial charge in [0.25, 0.3) is 5.91 Å². The molecule has 0 bridgehead atoms. The molecule has 0 aliphatic rings. The van der Waals surface area contributed by atoms with Gasteiger partial charge in [-0.25, -0.2) is 8.42 Å². The number of benzene rings is 5. The molecule has 0 spiro atoms. The van der Waals surface area contributed by atoms with Crippen molar-refractivity contribution in [2.45, 2.75) is 6.54 Å². The minimum Gasteiger partial charge on any atom is -0.456 e. The summed E-state index contributed by atoms with van der Waals surface area (Å²) in [5.74, 6) is -0.267. The fourth-order valence-corrected chi connectivity index (χ4v) is 5.77. The summed E-state index contributed by atoms with van der Waals surface area (Å²) in [6, 6.07) is 37.5. The van der Waals surface area contributed by atoms with Gasteiger partial charge in [-0.2, -0.15) is 0 Å². The minimum absolute atomic E-state index is 0.132. The van der Waals surface area contributed by atoms with E-state index in [0.29, 0.717) is 22.5 Å². The van der Waals surface area contributed by atoms with Crippen molar-refractivity contribution >= 4 is 49.2 Å². The lowest BCUT2D eigenvalue weighted by atomic mass is 10.0. The number of sulfonamides is 1. The Kier molecular flexibility index (Phi) is 6.58. The molecular weight excluding hydrogens is 520 g/mol. The van der Waals surface area contributed by atoms with E-state index in [1.807, 2.05) is 97.1 Å². The lowest BCUT2D eigenvalue weighted by Gasteiger charge is -2.25. The van der Waals surface area contributed by atoms with Gasteiger partial charge in [-0.1, -0.05) is 78.9 Å². The number of furan rings is 1. The summed E-state index contributed by atoms with van der Waals surface area (Å²) in [6.07, 6.45) is 1.20. The molecule has 0 aliphatic heterocycles. The Morgan fingerprint density at radius 2 is 1.43 bits per heavy atom. The summed E-state index contributed by atoms with van der Waals surface area (Å²) in [5, 5.41) is 4.94. The summed E-state index contributed by atoms with van der Waals surface area (Å²) in [7, 11) is -3.60. The molecule has 0 saturated carbocycles. The van der Waals surface area contributed by atoms with Crippen LogP contribution in [0.4, 0.5) is 11.4 Å². The van der Waals surface area contributed by atoms with Gasteiger partial charge >= 0.3 is 0 Å². The summed E-state index contributed by atoms with van der Waals surface area (Å²) in [6.45, 7) is 0.132. The van der Waals surface area contributed by atoms with Crippen molar-refractivity contribution in [3.05, 3.63) is 132 Å². The monoisotopic (exact) mass is 546 g/mol. The maximum atomic E-state index is 13.0. The Hall–Kier alpha value is -4.88. The Bertz CT molecular complexity index is 1950. The Balaban J connectivity index is 1.22. The fraction of sp³-hybridized carbons (Fsp3) is 0.0606. The highest BCUT2D eigenvalue weighted by Crippen LogP contribution is 2.33. The van der Waals surface area contributed by atoms with Crippen LogP contribution in [0.15, 0.2) is 126 Å². The van der Waals surface area contributed by atoms with Crippen molar-refractivity contribution < 1.29 is 17.6 Å². The zero-order valence-corrected chi connectivity index (χ0v) is 22.6. The first kappa shape index (κ1) is 25.4. The molecule has 0 fully saturated rings. The van der Waals surface area contributed by atoms with Crippen LogP contribution in [0.25, 0.3) is 33.1 Å². The SMILES string of the molecule is CS(=O)(=O)N(Cc1ccc(C(=O)Nc2ccc3c(c2)oc2ccccc23)cc1)c1ccccc1-c1ccccc1. The van der Waals surface area contributed by atoms with Gasteiger partial charge < -0.3 is 9.73 Å². The maximum Gasteiger partial charge on any atom is 0.255 e. The molecule has 1 amide bonds. The Morgan fingerprint density at radius 3 is 2.20 bits per heavy atom. The highest BCUT2D eigenvalue weighted by atomic mass is 32.2. The van der Waals surface area contributed by atoms with Crippen LogP contribution in [0.3, 0.4) is 0 Å². The number of nitrogens with one attached hydrogen (secondary N) is 1. The Labute approximate surface area is 232 Å². The number of hydrogen-bond donors (Lipinski definition) is 1. The summed E-state index contributed by atoms with van der Waals surface area (Å²) in [5.41, 5.74) is 5.70. The lowest BCUT2D eigenvalue weighted by Crippen LogP contribution is -2.29. The molecule has 0 atom stereocenters. The van der Waals surface area contributed by atoms with Crippen molar-refractivity contribution in [2.24, 2.45) is 0 Å². The second kappa shape index (κ2) is 10.4. The van der Waals surface area contributed by atoms with Crippen LogP contribution in [0, 0.1) is 0 Å². The molecule has 5 aromatic carbocycles. The summed E-state index contributed by atoms with van der Waals surface area (Å²) in [4.78, 5) is 13.0. The zero-order valence-electron chi connectivity index (χ0n) is 21.7. The molecule has 6 rings (SSSR count). The minimum atomic E-state index is -3.60. The second-order valence-electron chi connectivity index (χ2n) is 9.61. The molecule has 6 nitrogen and oxygen atoms in total. The summed E-state index contributed by atoms with van der Waals surface area (Å²) >= 11 is 0. The van der Waals surface area contributed by atoms with Crippen LogP contribution in [0.5, 0.6) is 0 Å². The van der Waals surface area contributed by atoms with Gasteiger partial charge in [0, 0.05) is 33.7 Å². The topological polar surface area (TPSA) is 79.6 Å². The zero-order chi connectivity index (χ0) is 27.7. The molecular formula is C33H26N2O4S. The average Bonchev–Trinajstić information content (AvgIpc) is 3.34. The molecule has 0 unspecified atom stereocenters. The first-order chi connectivity index (χ1) is 19.4. The maximum absolute atomic E-state index is 13.0. The standard InChI is InChI=1S/C33H26N2O4S/c1-40(37,38)35(30-13-7-5-11-27(30)24-9-3-2-4-10-24)22-23-15-17-25(18-16-23)33(36)34-26-19-20-29-28-12-6-8-14-31(28)39-32(29)21-26/h2-21H,22H2,1H3,(H,34,36). The molecule has 40 heavy (non-hydrogen) atoms. The third-order valence-electron chi connectivity index (χ3n) is 6.84. The van der Waals surface area contributed by atoms with Gasteiger partial charge in [-0.05, 0) is 47.5 Å². The van der Waals surface area contributed by atoms with Crippen LogP contribution >= 0.6 is 0 Å². The number of carbonyl (C=O) groups is 1. The third-order valence-corrected chi connectivity index (χ3v) is 7.96. The largest absolute Gasteiger partial charge is 0.456 e. The van der Waals surface area contributed by atoms with Gasteiger partial charge in [-0.3, -0.25) is 9.10 Å². The number of rotatable bonds is 7. The van der Waals surface area contributed by atoms with Crippen molar-refractivity contribution in [2.75, 3.05) is 15.9 Å². The van der Waals surface area contributed by atoms with E-state index in [0.717, 1.165) is 33.0 Å². The molecule has 0 aliphatic carbocycles. The predicted molar refractivity (Wildman–Crippen MR) is 161 cm³/mol. The van der Waals surface area contributed by atoms with Crippen LogP contribution < -0.4 is 9.62 Å². The van der Waals surface area contributed by atoms with E-state index in [9.17, 15) is 13.2 Å². The third kappa shape index (κ3) is 5.07. The molecule has 0 radical (unpaired) electrons. The number of nitrogens with zero attached hydrogens (tertiary/aromatic N) is 1. The van der Waals surface area contributed by atoms with Gasteiger partial charge in [0.15, 0.2) is 0 Å². The van der Waals surface area contributed by atoms with Crippen LogP contribution in [-0.4, -0.2) is 20.6 Å². The lowest BCUT2D eigenvalue weighted by molar-refractivity contribution is 0.102. The molecule has 7 heteroatoms. The highest BCUT2D eigenvalue weighted by Gasteiger charge is 2.21. The van der Waals surface area contributed by atoms with Gasteiger partial charge in [0.1, 0.15) is 11.2 Å². The normalized spacial score (nSPS) is 11.5. The van der Waals surface area contributed by atoms with E-state index < -0.39 is 10.0 Å². The van der Waals surface area contributed by atoms with E-state index in [4.69, 9.17) is 4.42 Å². The van der Waals surface area contributed by atoms with Crippen LogP contribution in [0.1, 0.15) is 15.9 Å². The number of hydrogen-bond acceptors (Lipinski definition) is 4. The number of amides is 1. The van der Waals surface area contributed by atoms with E-state index in [-0.39, 0.29) is 12.5 Å². The summed E-state index contributed by atoms with van der Waals surface area (Å²) < 4.78 is 33.1. The quantitative estimate of drug-likeness (QED) is 0.225. The van der Waals surface area contributed by atoms with Crippen molar-refractivity contribution in [3.8, 4) is 11.1 Å². The number of para-hydroxylation sites is 2. The molecule has 198 valence electrons. The van der Waals surface area contributed by atoms with Gasteiger partial charge in [0.05, 0.1) is 18.5 Å². The van der Waals surface area contributed by atoms with Crippen molar-refractivity contribution in [3.63, 3.8) is 0 Å². The van der Waals surface area contributed by atoms with E-state index >= 15 is 0 Å². The van der Waals surface area contributed by atoms with Crippen molar-refractivity contribution in [1.82, 2.24) is 0 Å². The van der Waals surface area contributed by atoms with E-state index in [2.05, 4.69) is 5.32 Å². The average molecular weight is 547 g/mol. The number of anilines is 2. The smallest absolute Gasteiger partial charge is 0.255 e.